The van der Waals surface area contributed by atoms with Crippen molar-refractivity contribution in [3.05, 3.63) is 30.3 Å². The molecule has 1 aromatic rings. The molecule has 3 amide bonds. The van der Waals surface area contributed by atoms with Crippen molar-refractivity contribution in [3.63, 3.8) is 0 Å². The minimum atomic E-state index is -0.142. The van der Waals surface area contributed by atoms with Crippen molar-refractivity contribution in [3.8, 4) is 5.75 Å². The van der Waals surface area contributed by atoms with Gasteiger partial charge in [0.2, 0.25) is 0 Å². The van der Waals surface area contributed by atoms with Crippen molar-refractivity contribution < 1.29 is 19.4 Å². The van der Waals surface area contributed by atoms with E-state index < -0.39 is 0 Å². The van der Waals surface area contributed by atoms with Crippen molar-refractivity contribution in [1.82, 2.24) is 15.1 Å². The molecule has 0 aliphatic carbocycles. The summed E-state index contributed by atoms with van der Waals surface area (Å²) in [6.07, 6.45) is 2.50. The Morgan fingerprint density at radius 3 is 2.76 bits per heavy atom. The molecule has 0 spiro atoms. The van der Waals surface area contributed by atoms with Crippen LogP contribution < -0.4 is 10.1 Å². The Morgan fingerprint density at radius 1 is 1.20 bits per heavy atom. The molecule has 7 nitrogen and oxygen atoms in total. The third-order valence-corrected chi connectivity index (χ3v) is 4.82. The van der Waals surface area contributed by atoms with Crippen molar-refractivity contribution in [2.75, 3.05) is 32.8 Å². The molecular weight excluding hydrogens is 322 g/mol. The molecule has 2 atom stereocenters. The number of hydrogen-bond donors (Lipinski definition) is 2. The van der Waals surface area contributed by atoms with E-state index in [4.69, 9.17) is 4.74 Å². The number of likely N-dealkylation sites (tertiary alicyclic amines) is 2. The Hall–Kier alpha value is -2.28. The summed E-state index contributed by atoms with van der Waals surface area (Å²) in [4.78, 5) is 28.0. The van der Waals surface area contributed by atoms with Crippen molar-refractivity contribution in [1.29, 1.82) is 0 Å². The first kappa shape index (κ1) is 17.5. The molecule has 25 heavy (non-hydrogen) atoms. The van der Waals surface area contributed by atoms with Crippen LogP contribution in [0.5, 0.6) is 5.75 Å². The van der Waals surface area contributed by atoms with Crippen LogP contribution in [0.3, 0.4) is 0 Å². The minimum absolute atomic E-state index is 0.000474. The number of nitrogens with zero attached hydrogens (tertiary/aromatic N) is 2. The van der Waals surface area contributed by atoms with Gasteiger partial charge >= 0.3 is 6.03 Å². The van der Waals surface area contributed by atoms with Crippen LogP contribution in [0.2, 0.25) is 0 Å². The first-order valence-corrected chi connectivity index (χ1v) is 8.81. The molecule has 2 aliphatic heterocycles. The lowest BCUT2D eigenvalue weighted by Gasteiger charge is -2.25. The van der Waals surface area contributed by atoms with Crippen LogP contribution in [0.15, 0.2) is 30.3 Å². The summed E-state index contributed by atoms with van der Waals surface area (Å²) in [5, 5.41) is 12.3. The fourth-order valence-corrected chi connectivity index (χ4v) is 3.41. The third-order valence-electron chi connectivity index (χ3n) is 4.82. The largest absolute Gasteiger partial charge is 0.484 e. The second-order valence-corrected chi connectivity index (χ2v) is 6.55. The highest BCUT2D eigenvalue weighted by molar-refractivity contribution is 5.79. The zero-order valence-electron chi connectivity index (χ0n) is 14.3. The molecule has 3 rings (SSSR count). The van der Waals surface area contributed by atoms with Crippen LogP contribution in [0.4, 0.5) is 4.79 Å². The highest BCUT2D eigenvalue weighted by atomic mass is 16.5. The number of amides is 3. The highest BCUT2D eigenvalue weighted by Crippen LogP contribution is 2.18. The third kappa shape index (κ3) is 4.42. The van der Waals surface area contributed by atoms with Crippen molar-refractivity contribution in [2.24, 2.45) is 0 Å². The van der Waals surface area contributed by atoms with E-state index in [1.54, 1.807) is 9.80 Å². The molecule has 1 aromatic carbocycles. The maximum atomic E-state index is 12.3. The van der Waals surface area contributed by atoms with E-state index in [1.807, 2.05) is 30.3 Å². The predicted octanol–water partition coefficient (Wildman–Crippen LogP) is 0.833. The number of aliphatic hydroxyl groups excluding tert-OH is 1. The topological polar surface area (TPSA) is 82.1 Å². The van der Waals surface area contributed by atoms with E-state index in [1.165, 1.54) is 0 Å². The van der Waals surface area contributed by atoms with E-state index in [0.717, 1.165) is 19.3 Å². The number of carbonyl (C=O) groups excluding carboxylic acids is 2. The van der Waals surface area contributed by atoms with Gasteiger partial charge in [0, 0.05) is 25.7 Å². The van der Waals surface area contributed by atoms with E-state index in [-0.39, 0.29) is 37.2 Å². The van der Waals surface area contributed by atoms with Crippen LogP contribution in [0.1, 0.15) is 19.3 Å². The number of ether oxygens (including phenoxy) is 1. The summed E-state index contributed by atoms with van der Waals surface area (Å²) in [5.74, 6) is 0.596. The standard InChI is InChI=1S/C18H25N3O4/c22-12-15-5-4-9-21(15)18(24)19-14-8-10-20(11-14)17(23)13-25-16-6-2-1-3-7-16/h1-3,6-7,14-15,22H,4-5,8-13H2,(H,19,24)/t14-,15+/m1/s1. The molecule has 0 aromatic heterocycles. The van der Waals surface area contributed by atoms with Crippen LogP contribution in [0, 0.1) is 0 Å². The Labute approximate surface area is 147 Å². The molecule has 0 saturated carbocycles. The molecule has 0 radical (unpaired) electrons. The van der Waals surface area contributed by atoms with Crippen LogP contribution in [0.25, 0.3) is 0 Å². The fourth-order valence-electron chi connectivity index (χ4n) is 3.41. The van der Waals surface area contributed by atoms with E-state index in [2.05, 4.69) is 5.32 Å². The van der Waals surface area contributed by atoms with Crippen molar-refractivity contribution in [2.45, 2.75) is 31.3 Å². The van der Waals surface area contributed by atoms with Gasteiger partial charge in [-0.25, -0.2) is 4.79 Å². The predicted molar refractivity (Wildman–Crippen MR) is 92.3 cm³/mol. The monoisotopic (exact) mass is 347 g/mol. The number of carbonyl (C=O) groups is 2. The van der Waals surface area contributed by atoms with Gasteiger partial charge in [-0.2, -0.15) is 0 Å². The normalized spacial score (nSPS) is 22.9. The first-order chi connectivity index (χ1) is 12.2. The number of benzene rings is 1. The first-order valence-electron chi connectivity index (χ1n) is 8.81. The van der Waals surface area contributed by atoms with Gasteiger partial charge in [0.1, 0.15) is 5.75 Å². The zero-order chi connectivity index (χ0) is 17.6. The van der Waals surface area contributed by atoms with Gasteiger partial charge < -0.3 is 25.0 Å². The fraction of sp³-hybridized carbons (Fsp3) is 0.556. The Morgan fingerprint density at radius 2 is 2.00 bits per heavy atom. The average Bonchev–Trinajstić information content (AvgIpc) is 3.29. The summed E-state index contributed by atoms with van der Waals surface area (Å²) in [7, 11) is 0. The van der Waals surface area contributed by atoms with E-state index in [9.17, 15) is 14.7 Å². The van der Waals surface area contributed by atoms with Crippen LogP contribution >= 0.6 is 0 Å². The second-order valence-electron chi connectivity index (χ2n) is 6.55. The molecule has 2 aliphatic rings. The van der Waals surface area contributed by atoms with Gasteiger partial charge in [-0.3, -0.25) is 4.79 Å². The molecule has 2 saturated heterocycles. The van der Waals surface area contributed by atoms with Gasteiger partial charge in [-0.05, 0) is 31.4 Å². The Bertz CT molecular complexity index is 595. The lowest BCUT2D eigenvalue weighted by atomic mass is 10.2. The molecule has 2 heterocycles. The smallest absolute Gasteiger partial charge is 0.318 e. The summed E-state index contributed by atoms with van der Waals surface area (Å²) in [6.45, 7) is 1.80. The molecule has 2 N–H and O–H groups in total. The van der Waals surface area contributed by atoms with Gasteiger partial charge in [0.25, 0.3) is 5.91 Å². The lowest BCUT2D eigenvalue weighted by Crippen LogP contribution is -2.48. The summed E-state index contributed by atoms with van der Waals surface area (Å²) in [6, 6.07) is 8.97. The summed E-state index contributed by atoms with van der Waals surface area (Å²) < 4.78 is 5.49. The molecule has 0 unspecified atom stereocenters. The lowest BCUT2D eigenvalue weighted by molar-refractivity contribution is -0.132. The van der Waals surface area contributed by atoms with Gasteiger partial charge in [-0.15, -0.1) is 0 Å². The summed E-state index contributed by atoms with van der Waals surface area (Å²) in [5.41, 5.74) is 0. The molecule has 2 fully saturated rings. The zero-order valence-corrected chi connectivity index (χ0v) is 14.3. The number of urea groups is 1. The number of aliphatic hydroxyl groups is 1. The van der Waals surface area contributed by atoms with E-state index >= 15 is 0 Å². The number of hydrogen-bond acceptors (Lipinski definition) is 4. The van der Waals surface area contributed by atoms with Gasteiger partial charge in [0.15, 0.2) is 6.61 Å². The average molecular weight is 347 g/mol. The number of nitrogens with one attached hydrogen (secondary N) is 1. The molecular formula is C18H25N3O4. The minimum Gasteiger partial charge on any atom is -0.484 e. The maximum absolute atomic E-state index is 12.3. The molecule has 7 heteroatoms. The van der Waals surface area contributed by atoms with Gasteiger partial charge in [0.05, 0.1) is 12.6 Å². The Kier molecular flexibility index (Phi) is 5.75. The molecule has 0 bridgehead atoms. The highest BCUT2D eigenvalue weighted by Gasteiger charge is 2.32. The van der Waals surface area contributed by atoms with Gasteiger partial charge in [-0.1, -0.05) is 18.2 Å². The summed E-state index contributed by atoms with van der Waals surface area (Å²) >= 11 is 0. The SMILES string of the molecule is O=C(COc1ccccc1)N1CC[C@@H](NC(=O)N2CCC[C@H]2CO)C1. The Balaban J connectivity index is 1.43. The van der Waals surface area contributed by atoms with Crippen molar-refractivity contribution >= 4 is 11.9 Å². The number of para-hydroxylation sites is 1. The van der Waals surface area contributed by atoms with Crippen LogP contribution in [-0.4, -0.2) is 71.8 Å². The van der Waals surface area contributed by atoms with Crippen LogP contribution in [-0.2, 0) is 4.79 Å². The second kappa shape index (κ2) is 8.20. The maximum Gasteiger partial charge on any atom is 0.318 e. The number of rotatable bonds is 5. The van der Waals surface area contributed by atoms with E-state index in [0.29, 0.717) is 25.4 Å². The molecule has 136 valence electrons. The quantitative estimate of drug-likeness (QED) is 0.827.